The molecule has 0 aromatic heterocycles. The number of nitro benzene ring substituents is 2. The molecule has 776 valence electrons. The van der Waals surface area contributed by atoms with Gasteiger partial charge in [0.15, 0.2) is 46.9 Å². The van der Waals surface area contributed by atoms with E-state index < -0.39 is 307 Å². The molecular formula is C96H108Cl2N12O35. The molecule has 0 radical (unpaired) electrons. The first kappa shape index (κ1) is 105. The molecular weight excluding hydrogens is 1950 g/mol. The Kier molecular flexibility index (Phi) is 31.5. The van der Waals surface area contributed by atoms with Crippen LogP contribution in [0.4, 0.5) is 21.0 Å². The van der Waals surface area contributed by atoms with E-state index in [0.717, 1.165) is 135 Å². The summed E-state index contributed by atoms with van der Waals surface area (Å²) in [5.41, 5.74) is -0.238. The maximum absolute atomic E-state index is 16.7. The molecule has 18 atom stereocenters. The van der Waals surface area contributed by atoms with Crippen molar-refractivity contribution in [2.45, 2.75) is 208 Å². The highest BCUT2D eigenvalue weighted by Crippen LogP contribution is 2.56. The van der Waals surface area contributed by atoms with Gasteiger partial charge in [-0.2, -0.15) is 0 Å². The number of nitrogens with two attached hydrogens (primary N) is 1. The number of likely N-dealkylation sites (N-methyl/N-ethyl adjacent to an activating group) is 1. The zero-order chi connectivity index (χ0) is 105. The first-order valence-electron chi connectivity index (χ1n) is 46.1. The number of alkyl carbamates (subject to hydrolysis) is 1. The number of carbonyl (C=O) groups excluding carboxylic acids is 10. The van der Waals surface area contributed by atoms with E-state index in [9.17, 15) is 80.6 Å². The van der Waals surface area contributed by atoms with Crippen LogP contribution in [0.15, 0.2) is 103 Å². The summed E-state index contributed by atoms with van der Waals surface area (Å²) < 4.78 is 71.6. The molecule has 47 nitrogen and oxygen atoms in total. The second-order valence-corrected chi connectivity index (χ2v) is 38.3. The topological polar surface area (TPSA) is 675 Å². The van der Waals surface area contributed by atoms with Crippen molar-refractivity contribution in [2.75, 3.05) is 42.1 Å². The minimum Gasteiger partial charge on any atom is -0.508 e. The summed E-state index contributed by atoms with van der Waals surface area (Å²) in [5.74, 6) is -16.0. The van der Waals surface area contributed by atoms with Gasteiger partial charge in [-0.25, -0.2) is 9.59 Å². The number of primary amides is 1. The van der Waals surface area contributed by atoms with Crippen molar-refractivity contribution >= 4 is 94.0 Å². The number of aromatic hydroxyl groups is 3. The van der Waals surface area contributed by atoms with E-state index in [2.05, 4.69) is 42.5 Å². The van der Waals surface area contributed by atoms with E-state index in [1.165, 1.54) is 54.4 Å². The molecule has 18 rings (SSSR count). The van der Waals surface area contributed by atoms with Gasteiger partial charge in [0.2, 0.25) is 59.3 Å². The molecule has 7 heterocycles. The number of rotatable bonds is 25. The molecule has 19 N–H and O–H groups in total. The monoisotopic (exact) mass is 2060 g/mol. The van der Waals surface area contributed by atoms with E-state index in [1.807, 2.05) is 0 Å². The van der Waals surface area contributed by atoms with Crippen molar-refractivity contribution in [3.63, 3.8) is 0 Å². The molecule has 11 aliphatic rings. The molecule has 4 aliphatic carbocycles. The largest absolute Gasteiger partial charge is 0.508 e. The van der Waals surface area contributed by atoms with Crippen LogP contribution < -0.4 is 81.4 Å². The molecule has 10 amide bonds. The minimum atomic E-state index is -2.51. The lowest BCUT2D eigenvalue weighted by Gasteiger charge is -2.54. The van der Waals surface area contributed by atoms with Crippen molar-refractivity contribution in [1.82, 2.24) is 47.4 Å². The normalized spacial score (nSPS) is 27.5. The average Bonchev–Trinajstić information content (AvgIpc) is 0.756. The van der Waals surface area contributed by atoms with Crippen LogP contribution in [0.5, 0.6) is 69.0 Å². The Morgan fingerprint density at radius 3 is 1.73 bits per heavy atom. The number of aliphatic hydroxyl groups excluding tert-OH is 6. The van der Waals surface area contributed by atoms with Gasteiger partial charge in [-0.15, -0.1) is 0 Å². The smallest absolute Gasteiger partial charge is 0.410 e. The number of aliphatic hydroxyl groups is 6. The van der Waals surface area contributed by atoms with Crippen LogP contribution in [-0.2, 0) is 75.3 Å². The van der Waals surface area contributed by atoms with Gasteiger partial charge in [-0.1, -0.05) is 55.2 Å². The molecule has 6 fully saturated rings. The zero-order valence-corrected chi connectivity index (χ0v) is 80.7. The summed E-state index contributed by atoms with van der Waals surface area (Å²) in [6.07, 6.45) is -20.4. The van der Waals surface area contributed by atoms with E-state index in [-0.39, 0.29) is 74.6 Å². The Bertz CT molecular complexity index is 6210. The number of carbonyl (C=O) groups is 10. The number of methoxy groups -OCH3 is 4. The molecule has 7 aromatic rings. The van der Waals surface area contributed by atoms with Crippen LogP contribution >= 0.6 is 23.2 Å². The van der Waals surface area contributed by atoms with Gasteiger partial charge >= 0.3 is 12.2 Å². The van der Waals surface area contributed by atoms with Crippen LogP contribution in [-0.4, -0.2) is 247 Å². The SMILES string of the molecule is COc1cc(COC(=O)N[C@@]2(C)C[C@H](O[C@H]3[C@H](Oc4c5cc6cc4Oc4ccc(cc4Cl)[C@@H](O)[C@@H](NC(=O)[C@@H](CC(C)C)N(C)C(=O)OCc4cc(OC)c(OC)cc4[N+](=O)[O-])C(=O)N[C@@H](CC(N)=O)C(=O)N[C@H]6C(=O)N[C@H]4C(=O)N[C@H](C(=O)N[C@H](C(=O)NC6C7CC8CC(C7)CC6C8)c6cc(O)cc(O)c6-c6cc4ccc6O)[C@H](O)c4ccc(c(Cl)c4)O5)O[C@H](CO)[C@@H](O)[C@@H]3O)O[C@@H](C)[C@H]2O)c([N+](=O)[O-])cc1OC. The Morgan fingerprint density at radius 1 is 0.621 bits per heavy atom. The molecule has 49 heteroatoms. The van der Waals surface area contributed by atoms with Crippen molar-refractivity contribution in [1.29, 1.82) is 0 Å². The van der Waals surface area contributed by atoms with Gasteiger partial charge in [0.25, 0.3) is 11.4 Å². The Labute approximate surface area is 835 Å². The van der Waals surface area contributed by atoms with Gasteiger partial charge in [0.1, 0.15) is 121 Å². The number of amides is 10. The molecule has 2 saturated heterocycles. The number of hydrogen-bond donors (Lipinski definition) is 18. The van der Waals surface area contributed by atoms with Gasteiger partial charge in [-0.3, -0.25) is 63.5 Å². The predicted octanol–water partition coefficient (Wildman–Crippen LogP) is 5.83. The van der Waals surface area contributed by atoms with Crippen LogP contribution in [0.3, 0.4) is 0 Å². The van der Waals surface area contributed by atoms with Crippen LogP contribution in [0.25, 0.3) is 11.1 Å². The lowest BCUT2D eigenvalue weighted by molar-refractivity contribution is -0.386. The number of nitro groups is 2. The highest BCUT2D eigenvalue weighted by molar-refractivity contribution is 6.32. The Hall–Kier alpha value is -14.1. The number of hydrogen-bond acceptors (Lipinski definition) is 35. The standard InChI is InChI=1S/C96H108Cl2N12O35/c1-38(2)16-58(108(5)95(129)139-37-49-28-64(135-7)66(137-9)33-57(49)110(132)133)87(122)105-77-79(116)43-11-14-61(53(97)23-43)141-67-25-47-26-68(83(67)145-93-84(82(119)81(118)69(35-111)143-93)144-71-34-96(4,85(120)39(3)140-71)107-94(128)138-36-48-27-63(134-6)65(136-8)32-56(48)109(130)131)142-62-15-12-44(24-54(62)98)80(117)78-92(127)104-76(90(125)101-73-45-18-40-17-41(20-45)21-46(73)19-40)52-29-50(112)30-60(114)72(52)51-22-42(10-13-59(51)113)74(88(123)106-78)103-89(124)75(47)102-86(121)55(31-70(99)115)100-91(77)126/h10-15,22-30,32-33,38-41,45-46,55,58,69,71,73-82,84-85,93,111-114,116-120H,16-21,31,34-37H2,1-9H3,(H2,99,115)(H,100,126)(H,101,125)(H,102,121)(H,103,124)(H,104,127)(H,105,122)(H,106,123)(H,107,128)/t39-,40?,41?,45?,46?,55-,58+,69+,71-,73?,74+,75+,76-,77+,78-,79+,80+,81+,82-,84+,85+,93-,96-/m0/s1. The zero-order valence-electron chi connectivity index (χ0n) is 79.2. The number of benzene rings is 7. The minimum absolute atomic E-state index is 0.00846. The van der Waals surface area contributed by atoms with Gasteiger partial charge < -0.3 is 151 Å². The summed E-state index contributed by atoms with van der Waals surface area (Å²) in [6, 6.07) is 2.04. The molecule has 15 bridgehead atoms. The highest BCUT2D eigenvalue weighted by Gasteiger charge is 2.55. The van der Waals surface area contributed by atoms with Crippen LogP contribution in [0.2, 0.25) is 10.0 Å². The van der Waals surface area contributed by atoms with Gasteiger partial charge in [0.05, 0.1) is 96.3 Å². The summed E-state index contributed by atoms with van der Waals surface area (Å²) in [7, 11) is 6.10. The Morgan fingerprint density at radius 2 is 1.17 bits per heavy atom. The van der Waals surface area contributed by atoms with Gasteiger partial charge in [0, 0.05) is 36.7 Å². The lowest BCUT2D eigenvalue weighted by atomic mass is 9.54. The first-order chi connectivity index (χ1) is 68.9. The third-order valence-corrected chi connectivity index (χ3v) is 27.9. The number of phenols is 3. The van der Waals surface area contributed by atoms with E-state index in [4.69, 9.17) is 85.8 Å². The number of phenolic OH excluding ortho intramolecular Hbond substituents is 3. The second-order valence-electron chi connectivity index (χ2n) is 37.5. The summed E-state index contributed by atoms with van der Waals surface area (Å²) in [4.78, 5) is 177. The van der Waals surface area contributed by atoms with Crippen molar-refractivity contribution < 1.29 is 161 Å². The van der Waals surface area contributed by atoms with E-state index in [0.29, 0.717) is 11.8 Å². The average molecular weight is 2060 g/mol. The maximum atomic E-state index is 16.7. The van der Waals surface area contributed by atoms with Crippen LogP contribution in [0, 0.1) is 49.8 Å². The molecule has 0 unspecified atom stereocenters. The van der Waals surface area contributed by atoms with Gasteiger partial charge in [-0.05, 0) is 177 Å². The number of ether oxygens (including phenoxy) is 12. The molecule has 0 spiro atoms. The fourth-order valence-electron chi connectivity index (χ4n) is 20.2. The highest BCUT2D eigenvalue weighted by atomic mass is 35.5. The molecule has 7 aromatic carbocycles. The Balaban J connectivity index is 0.868. The third-order valence-electron chi connectivity index (χ3n) is 27.3. The van der Waals surface area contributed by atoms with Crippen LogP contribution in [0.1, 0.15) is 148 Å². The lowest BCUT2D eigenvalue weighted by Crippen LogP contribution is -2.66. The third kappa shape index (κ3) is 22.3. The van der Waals surface area contributed by atoms with Crippen molar-refractivity contribution in [2.24, 2.45) is 35.3 Å². The maximum Gasteiger partial charge on any atom is 0.410 e. The summed E-state index contributed by atoms with van der Waals surface area (Å²) >= 11 is 14.6. The number of nitrogens with zero attached hydrogens (tertiary/aromatic N) is 3. The van der Waals surface area contributed by atoms with Crippen molar-refractivity contribution in [3.05, 3.63) is 172 Å². The predicted molar refractivity (Wildman–Crippen MR) is 501 cm³/mol. The second kappa shape index (κ2) is 43.4. The summed E-state index contributed by atoms with van der Waals surface area (Å²) in [5, 5.41) is 153. The molecule has 7 aliphatic heterocycles. The quantitative estimate of drug-likeness (QED) is 0.0236. The fraction of sp³-hybridized carbons (Fsp3) is 0.458. The van der Waals surface area contributed by atoms with E-state index >= 15 is 33.6 Å². The van der Waals surface area contributed by atoms with Crippen molar-refractivity contribution in [3.8, 4) is 80.1 Å². The molecule has 4 saturated carbocycles. The first-order valence-corrected chi connectivity index (χ1v) is 46.8. The number of fused-ring (bicyclic) bond motifs is 15. The summed E-state index contributed by atoms with van der Waals surface area (Å²) in [6.45, 7) is 3.30. The molecule has 145 heavy (non-hydrogen) atoms. The fourth-order valence-corrected chi connectivity index (χ4v) is 20.7. The van der Waals surface area contributed by atoms with E-state index in [1.54, 1.807) is 13.8 Å². The number of nitrogens with one attached hydrogen (secondary N) is 8. The number of halogens is 2.